The average molecular weight is 315 g/mol. The Labute approximate surface area is 123 Å². The van der Waals surface area contributed by atoms with E-state index >= 15 is 0 Å². The molecule has 0 fully saturated rings. The topological polar surface area (TPSA) is 107 Å². The number of para-hydroxylation sites is 1. The first kappa shape index (κ1) is 17.2. The number of nitrogens with zero attached hydrogens (tertiary/aromatic N) is 1. The summed E-state index contributed by atoms with van der Waals surface area (Å²) in [5, 5.41) is 19.3. The number of carboxylic acids is 1. The molecule has 0 aliphatic rings. The molecule has 1 atom stereocenters. The Kier molecular flexibility index (Phi) is 4.92. The van der Waals surface area contributed by atoms with Gasteiger partial charge in [0.15, 0.2) is 6.10 Å². The molecule has 1 rings (SSSR count). The number of carbonyl (C=O) groups is 2. The number of hydrogen-bond donors (Lipinski definition) is 1. The van der Waals surface area contributed by atoms with Crippen LogP contribution in [0.2, 0.25) is 0 Å². The third-order valence-corrected chi connectivity index (χ3v) is 2.61. The minimum absolute atomic E-state index is 0.417. The zero-order chi connectivity index (χ0) is 17.1. The fourth-order valence-electron chi connectivity index (χ4n) is 1.57. The molecule has 9 heteroatoms. The lowest BCUT2D eigenvalue weighted by Crippen LogP contribution is -2.44. The van der Waals surface area contributed by atoms with E-state index in [1.807, 2.05) is 0 Å². The Balaban J connectivity index is 3.16. The van der Waals surface area contributed by atoms with Crippen molar-refractivity contribution >= 4 is 17.6 Å². The van der Waals surface area contributed by atoms with Crippen molar-refractivity contribution < 1.29 is 33.1 Å². The van der Waals surface area contributed by atoms with E-state index in [0.717, 1.165) is 19.1 Å². The van der Waals surface area contributed by atoms with E-state index in [2.05, 4.69) is 11.3 Å². The molecular weight excluding hydrogens is 304 g/mol. The second-order valence-corrected chi connectivity index (χ2v) is 4.33. The average Bonchev–Trinajstić information content (AvgIpc) is 2.43. The van der Waals surface area contributed by atoms with Gasteiger partial charge in [0.25, 0.3) is 5.69 Å². The lowest BCUT2D eigenvalue weighted by molar-refractivity contribution is -0.385. The van der Waals surface area contributed by atoms with Crippen LogP contribution in [-0.4, -0.2) is 34.0 Å². The van der Waals surface area contributed by atoms with Gasteiger partial charge < -0.3 is 9.84 Å². The van der Waals surface area contributed by atoms with E-state index in [9.17, 15) is 28.5 Å². The predicted molar refractivity (Wildman–Crippen MR) is 69.7 cm³/mol. The van der Waals surface area contributed by atoms with Crippen LogP contribution in [0, 0.1) is 10.1 Å². The van der Waals surface area contributed by atoms with Gasteiger partial charge in [0, 0.05) is 6.07 Å². The minimum atomic E-state index is -4.41. The van der Waals surface area contributed by atoms with E-state index in [-0.39, 0.29) is 0 Å². The van der Waals surface area contributed by atoms with Gasteiger partial charge in [-0.05, 0) is 18.6 Å². The number of nitro benzene ring substituents is 1. The standard InChI is InChI=1S/C13H11F2NO6/c1-7(2)10(13(14,15)12(18)19)22-11(17)8-5-3-4-6-9(8)16(20)21/h3-6,10H,1H2,2H3,(H,18,19). The second-order valence-electron chi connectivity index (χ2n) is 4.33. The zero-order valence-electron chi connectivity index (χ0n) is 11.3. The first-order chi connectivity index (χ1) is 10.1. The third-order valence-electron chi connectivity index (χ3n) is 2.61. The van der Waals surface area contributed by atoms with E-state index in [0.29, 0.717) is 0 Å². The highest BCUT2D eigenvalue weighted by molar-refractivity contribution is 5.94. The van der Waals surface area contributed by atoms with Crippen LogP contribution in [-0.2, 0) is 9.53 Å². The van der Waals surface area contributed by atoms with Gasteiger partial charge in [-0.3, -0.25) is 10.1 Å². The first-order valence-corrected chi connectivity index (χ1v) is 5.80. The molecule has 1 N–H and O–H groups in total. The Morgan fingerprint density at radius 1 is 1.41 bits per heavy atom. The molecule has 0 saturated carbocycles. The molecule has 1 aromatic carbocycles. The van der Waals surface area contributed by atoms with Gasteiger partial charge in [-0.25, -0.2) is 9.59 Å². The molecule has 0 bridgehead atoms. The number of rotatable bonds is 6. The first-order valence-electron chi connectivity index (χ1n) is 5.80. The zero-order valence-corrected chi connectivity index (χ0v) is 11.3. The van der Waals surface area contributed by atoms with Crippen LogP contribution < -0.4 is 0 Å². The van der Waals surface area contributed by atoms with Crippen LogP contribution in [0.4, 0.5) is 14.5 Å². The third kappa shape index (κ3) is 3.43. The minimum Gasteiger partial charge on any atom is -0.477 e. The number of benzene rings is 1. The van der Waals surface area contributed by atoms with Crippen molar-refractivity contribution in [2.75, 3.05) is 0 Å². The maximum atomic E-state index is 13.5. The second kappa shape index (κ2) is 6.29. The van der Waals surface area contributed by atoms with Crippen molar-refractivity contribution in [3.63, 3.8) is 0 Å². The van der Waals surface area contributed by atoms with Crippen molar-refractivity contribution in [2.45, 2.75) is 19.0 Å². The number of esters is 1. The van der Waals surface area contributed by atoms with Gasteiger partial charge in [-0.2, -0.15) is 8.78 Å². The summed E-state index contributed by atoms with van der Waals surface area (Å²) in [4.78, 5) is 32.3. The Bertz CT molecular complexity index is 643. The SMILES string of the molecule is C=C(C)C(OC(=O)c1ccccc1[N+](=O)[O-])C(F)(F)C(=O)O. The summed E-state index contributed by atoms with van der Waals surface area (Å²) in [5.41, 5.74) is -1.63. The quantitative estimate of drug-likeness (QED) is 0.374. The molecule has 7 nitrogen and oxygen atoms in total. The van der Waals surface area contributed by atoms with E-state index in [1.54, 1.807) is 0 Å². The number of carbonyl (C=O) groups excluding carboxylic acids is 1. The van der Waals surface area contributed by atoms with Crippen molar-refractivity contribution in [3.05, 3.63) is 52.1 Å². The van der Waals surface area contributed by atoms with Gasteiger partial charge in [0.1, 0.15) is 5.56 Å². The van der Waals surface area contributed by atoms with Gasteiger partial charge in [-0.1, -0.05) is 18.7 Å². The fourth-order valence-corrected chi connectivity index (χ4v) is 1.57. The number of alkyl halides is 2. The molecule has 0 amide bonds. The molecule has 1 unspecified atom stereocenters. The smallest absolute Gasteiger partial charge is 0.382 e. The Morgan fingerprint density at radius 3 is 2.41 bits per heavy atom. The number of carboxylic acid groups (broad SMARTS) is 1. The maximum Gasteiger partial charge on any atom is 0.382 e. The van der Waals surface area contributed by atoms with Gasteiger partial charge in [0.05, 0.1) is 4.92 Å². The molecule has 0 aliphatic heterocycles. The van der Waals surface area contributed by atoms with Gasteiger partial charge >= 0.3 is 17.9 Å². The van der Waals surface area contributed by atoms with Gasteiger partial charge in [-0.15, -0.1) is 0 Å². The molecule has 0 aliphatic carbocycles. The molecule has 118 valence electrons. The van der Waals surface area contributed by atoms with Gasteiger partial charge in [0.2, 0.25) is 0 Å². The summed E-state index contributed by atoms with van der Waals surface area (Å²) in [6, 6.07) is 4.54. The van der Waals surface area contributed by atoms with Crippen LogP contribution in [0.15, 0.2) is 36.4 Å². The number of nitro groups is 1. The van der Waals surface area contributed by atoms with Crippen LogP contribution >= 0.6 is 0 Å². The van der Waals surface area contributed by atoms with Crippen LogP contribution in [0.25, 0.3) is 0 Å². The summed E-state index contributed by atoms with van der Waals surface area (Å²) in [6.45, 7) is 4.20. The van der Waals surface area contributed by atoms with Crippen LogP contribution in [0.3, 0.4) is 0 Å². The van der Waals surface area contributed by atoms with E-state index in [4.69, 9.17) is 5.11 Å². The maximum absolute atomic E-state index is 13.5. The van der Waals surface area contributed by atoms with Crippen molar-refractivity contribution in [1.29, 1.82) is 0 Å². The highest BCUT2D eigenvalue weighted by atomic mass is 19.3. The lowest BCUT2D eigenvalue weighted by Gasteiger charge is -2.23. The molecule has 1 aromatic rings. The van der Waals surface area contributed by atoms with Crippen molar-refractivity contribution in [2.24, 2.45) is 0 Å². The van der Waals surface area contributed by atoms with Crippen LogP contribution in [0.5, 0.6) is 0 Å². The molecule has 0 heterocycles. The summed E-state index contributed by atoms with van der Waals surface area (Å²) in [5.74, 6) is -8.36. The highest BCUT2D eigenvalue weighted by Crippen LogP contribution is 2.28. The Morgan fingerprint density at radius 2 is 1.95 bits per heavy atom. The number of ether oxygens (including phenoxy) is 1. The fraction of sp³-hybridized carbons (Fsp3) is 0.231. The lowest BCUT2D eigenvalue weighted by atomic mass is 10.1. The highest BCUT2D eigenvalue weighted by Gasteiger charge is 2.51. The summed E-state index contributed by atoms with van der Waals surface area (Å²) >= 11 is 0. The monoisotopic (exact) mass is 315 g/mol. The molecule has 0 aromatic heterocycles. The number of hydrogen-bond acceptors (Lipinski definition) is 5. The van der Waals surface area contributed by atoms with E-state index < -0.39 is 45.7 Å². The number of halogens is 2. The molecular formula is C13H11F2NO6. The number of aliphatic carboxylic acids is 1. The molecule has 0 radical (unpaired) electrons. The van der Waals surface area contributed by atoms with Crippen molar-refractivity contribution in [1.82, 2.24) is 0 Å². The van der Waals surface area contributed by atoms with Crippen molar-refractivity contribution in [3.8, 4) is 0 Å². The molecule has 0 spiro atoms. The molecule has 0 saturated heterocycles. The predicted octanol–water partition coefficient (Wildman–Crippen LogP) is 2.42. The molecule has 22 heavy (non-hydrogen) atoms. The van der Waals surface area contributed by atoms with Crippen LogP contribution in [0.1, 0.15) is 17.3 Å². The Hall–Kier alpha value is -2.84. The summed E-state index contributed by atoms with van der Waals surface area (Å²) in [7, 11) is 0. The summed E-state index contributed by atoms with van der Waals surface area (Å²) < 4.78 is 31.5. The normalized spacial score (nSPS) is 12.3. The largest absolute Gasteiger partial charge is 0.477 e. The van der Waals surface area contributed by atoms with E-state index in [1.165, 1.54) is 12.1 Å². The summed E-state index contributed by atoms with van der Waals surface area (Å²) in [6.07, 6.45) is -2.45.